The van der Waals surface area contributed by atoms with E-state index in [9.17, 15) is 9.59 Å². The highest BCUT2D eigenvalue weighted by atomic mass is 32.1. The number of carbonyl (C=O) groups excluding carboxylic acids is 2. The molecule has 0 bridgehead atoms. The molecule has 0 aliphatic carbocycles. The fraction of sp³-hybridized carbons (Fsp3) is 0.474. The molecular formula is C19H27N5O4S. The Balaban J connectivity index is 0.000000941. The average Bonchev–Trinajstić information content (AvgIpc) is 3.34. The molecule has 1 aliphatic rings. The van der Waals surface area contributed by atoms with Gasteiger partial charge in [-0.2, -0.15) is 5.10 Å². The molecule has 3 rings (SSSR count). The second kappa shape index (κ2) is 10.1. The van der Waals surface area contributed by atoms with Gasteiger partial charge in [0.25, 0.3) is 6.47 Å². The zero-order valence-electron chi connectivity index (χ0n) is 16.9. The number of hydrogen-bond donors (Lipinski definition) is 2. The predicted octanol–water partition coefficient (Wildman–Crippen LogP) is 1.29. The van der Waals surface area contributed by atoms with Crippen LogP contribution in [-0.4, -0.2) is 75.7 Å². The topological polar surface area (TPSA) is 108 Å². The Hall–Kier alpha value is -2.88. The van der Waals surface area contributed by atoms with Crippen molar-refractivity contribution in [3.8, 4) is 0 Å². The SMILES string of the molecule is CN(C)C(=O)C1(Nc2ccnn2C)CCN(C(=O)Cc2cccs2)CC1.O=CO. The molecule has 3 heterocycles. The molecular weight excluding hydrogens is 394 g/mol. The first kappa shape index (κ1) is 22.4. The summed E-state index contributed by atoms with van der Waals surface area (Å²) in [6.07, 6.45) is 3.29. The second-order valence-corrected chi connectivity index (χ2v) is 8.02. The minimum absolute atomic E-state index is 0.0315. The Morgan fingerprint density at radius 1 is 1.34 bits per heavy atom. The standard InChI is InChI=1S/C18H25N5O2S.CH2O2/c1-21(2)17(25)18(20-15-6-9-19-22(15)3)7-10-23(11-8-18)16(24)13-14-5-4-12-26-14;2-1-3/h4-6,9,12,20H,7-8,10-11,13H2,1-3H3;1H,(H,2,3). The van der Waals surface area contributed by atoms with Crippen molar-refractivity contribution >= 4 is 35.4 Å². The molecule has 10 heteroatoms. The van der Waals surface area contributed by atoms with Crippen LogP contribution >= 0.6 is 11.3 Å². The maximum absolute atomic E-state index is 12.9. The zero-order chi connectivity index (χ0) is 21.4. The number of likely N-dealkylation sites (tertiary alicyclic amines) is 1. The Kier molecular flexibility index (Phi) is 7.77. The minimum Gasteiger partial charge on any atom is -0.483 e. The van der Waals surface area contributed by atoms with Crippen LogP contribution < -0.4 is 5.32 Å². The van der Waals surface area contributed by atoms with Crippen molar-refractivity contribution in [3.05, 3.63) is 34.7 Å². The molecule has 158 valence electrons. The van der Waals surface area contributed by atoms with Crippen LogP contribution in [0.1, 0.15) is 17.7 Å². The lowest BCUT2D eigenvalue weighted by atomic mass is 9.85. The van der Waals surface area contributed by atoms with E-state index in [1.54, 1.807) is 41.2 Å². The number of aromatic nitrogens is 2. The van der Waals surface area contributed by atoms with Crippen molar-refractivity contribution in [2.45, 2.75) is 24.8 Å². The Bertz CT molecular complexity index is 810. The number of thiophene rings is 1. The van der Waals surface area contributed by atoms with Gasteiger partial charge in [0.05, 0.1) is 12.6 Å². The molecule has 0 unspecified atom stereocenters. The highest BCUT2D eigenvalue weighted by Crippen LogP contribution is 2.29. The third-order valence-corrected chi connectivity index (χ3v) is 5.76. The maximum Gasteiger partial charge on any atom is 0.290 e. The summed E-state index contributed by atoms with van der Waals surface area (Å²) in [5.74, 6) is 0.960. The first-order valence-electron chi connectivity index (χ1n) is 9.19. The Morgan fingerprint density at radius 3 is 2.48 bits per heavy atom. The van der Waals surface area contributed by atoms with Crippen LogP contribution in [0.25, 0.3) is 0 Å². The normalized spacial score (nSPS) is 15.1. The van der Waals surface area contributed by atoms with E-state index in [0.717, 1.165) is 10.7 Å². The predicted molar refractivity (Wildman–Crippen MR) is 111 cm³/mol. The maximum atomic E-state index is 12.9. The Morgan fingerprint density at radius 2 is 2.00 bits per heavy atom. The molecule has 2 amide bonds. The van der Waals surface area contributed by atoms with Gasteiger partial charge in [-0.3, -0.25) is 19.1 Å². The van der Waals surface area contributed by atoms with Gasteiger partial charge in [0.1, 0.15) is 11.4 Å². The van der Waals surface area contributed by atoms with Gasteiger partial charge >= 0.3 is 0 Å². The van der Waals surface area contributed by atoms with E-state index in [4.69, 9.17) is 9.90 Å². The van der Waals surface area contributed by atoms with E-state index in [1.165, 1.54) is 0 Å². The van der Waals surface area contributed by atoms with Crippen molar-refractivity contribution in [3.63, 3.8) is 0 Å². The van der Waals surface area contributed by atoms with Gasteiger partial charge in [-0.25, -0.2) is 0 Å². The summed E-state index contributed by atoms with van der Waals surface area (Å²) in [5.41, 5.74) is -0.711. The zero-order valence-corrected chi connectivity index (χ0v) is 17.7. The number of hydrogen-bond acceptors (Lipinski definition) is 6. The van der Waals surface area contributed by atoms with Crippen LogP contribution in [0.4, 0.5) is 5.82 Å². The summed E-state index contributed by atoms with van der Waals surface area (Å²) < 4.78 is 1.72. The van der Waals surface area contributed by atoms with Crippen molar-refractivity contribution in [2.24, 2.45) is 7.05 Å². The monoisotopic (exact) mass is 421 g/mol. The molecule has 9 nitrogen and oxygen atoms in total. The largest absolute Gasteiger partial charge is 0.483 e. The molecule has 2 N–H and O–H groups in total. The van der Waals surface area contributed by atoms with E-state index in [1.807, 2.05) is 35.5 Å². The van der Waals surface area contributed by atoms with Gasteiger partial charge in [0.2, 0.25) is 11.8 Å². The van der Waals surface area contributed by atoms with Gasteiger partial charge in [-0.1, -0.05) is 6.07 Å². The summed E-state index contributed by atoms with van der Waals surface area (Å²) in [4.78, 5) is 38.4. The number of anilines is 1. The molecule has 0 aromatic carbocycles. The van der Waals surface area contributed by atoms with E-state index in [-0.39, 0.29) is 18.3 Å². The number of amides is 2. The van der Waals surface area contributed by atoms with Crippen molar-refractivity contribution in [2.75, 3.05) is 32.5 Å². The molecule has 2 aromatic heterocycles. The van der Waals surface area contributed by atoms with Crippen LogP contribution in [0.5, 0.6) is 0 Å². The molecule has 29 heavy (non-hydrogen) atoms. The van der Waals surface area contributed by atoms with E-state index >= 15 is 0 Å². The third kappa shape index (κ3) is 5.57. The minimum atomic E-state index is -0.711. The molecule has 0 radical (unpaired) electrons. The van der Waals surface area contributed by atoms with E-state index in [0.29, 0.717) is 32.4 Å². The van der Waals surface area contributed by atoms with Gasteiger partial charge in [-0.15, -0.1) is 11.3 Å². The average molecular weight is 422 g/mol. The molecule has 0 saturated carbocycles. The van der Waals surface area contributed by atoms with E-state index < -0.39 is 5.54 Å². The lowest BCUT2D eigenvalue weighted by molar-refractivity contribution is -0.139. The van der Waals surface area contributed by atoms with Crippen molar-refractivity contribution < 1.29 is 19.5 Å². The van der Waals surface area contributed by atoms with Gasteiger partial charge in [0.15, 0.2) is 0 Å². The fourth-order valence-corrected chi connectivity index (χ4v) is 4.07. The summed E-state index contributed by atoms with van der Waals surface area (Å²) in [5, 5.41) is 16.4. The smallest absolute Gasteiger partial charge is 0.290 e. The molecule has 0 atom stereocenters. The lowest BCUT2D eigenvalue weighted by Crippen LogP contribution is -2.59. The third-order valence-electron chi connectivity index (χ3n) is 4.88. The summed E-state index contributed by atoms with van der Waals surface area (Å²) in [6.45, 7) is 0.878. The number of rotatable bonds is 5. The quantitative estimate of drug-likeness (QED) is 0.705. The van der Waals surface area contributed by atoms with Gasteiger partial charge < -0.3 is 20.2 Å². The van der Waals surface area contributed by atoms with Crippen LogP contribution in [0.15, 0.2) is 29.8 Å². The first-order valence-corrected chi connectivity index (χ1v) is 10.1. The van der Waals surface area contributed by atoms with Gasteiger partial charge in [-0.05, 0) is 24.3 Å². The summed E-state index contributed by atoms with van der Waals surface area (Å²) in [7, 11) is 5.38. The molecule has 1 fully saturated rings. The van der Waals surface area contributed by atoms with Crippen LogP contribution in [-0.2, 0) is 27.9 Å². The molecule has 1 aliphatic heterocycles. The number of carboxylic acid groups (broad SMARTS) is 1. The van der Waals surface area contributed by atoms with Crippen molar-refractivity contribution in [1.82, 2.24) is 19.6 Å². The molecule has 2 aromatic rings. The number of likely N-dealkylation sites (N-methyl/N-ethyl adjacent to an activating group) is 1. The number of carbonyl (C=O) groups is 3. The highest BCUT2D eigenvalue weighted by Gasteiger charge is 2.43. The number of piperidine rings is 1. The number of nitrogens with zero attached hydrogens (tertiary/aromatic N) is 4. The molecule has 1 saturated heterocycles. The van der Waals surface area contributed by atoms with Crippen LogP contribution in [0.2, 0.25) is 0 Å². The summed E-state index contributed by atoms with van der Waals surface area (Å²) in [6, 6.07) is 5.80. The number of aryl methyl sites for hydroxylation is 1. The Labute approximate surface area is 173 Å². The summed E-state index contributed by atoms with van der Waals surface area (Å²) >= 11 is 1.60. The van der Waals surface area contributed by atoms with Crippen molar-refractivity contribution in [1.29, 1.82) is 0 Å². The molecule has 0 spiro atoms. The van der Waals surface area contributed by atoms with Crippen LogP contribution in [0, 0.1) is 0 Å². The number of nitrogens with one attached hydrogen (secondary N) is 1. The second-order valence-electron chi connectivity index (χ2n) is 6.99. The first-order chi connectivity index (χ1) is 13.8. The van der Waals surface area contributed by atoms with E-state index in [2.05, 4.69) is 10.4 Å². The fourth-order valence-electron chi connectivity index (χ4n) is 3.37. The van der Waals surface area contributed by atoms with Gasteiger partial charge in [0, 0.05) is 45.2 Å². The lowest BCUT2D eigenvalue weighted by Gasteiger charge is -2.42. The highest BCUT2D eigenvalue weighted by molar-refractivity contribution is 7.10. The van der Waals surface area contributed by atoms with Crippen LogP contribution in [0.3, 0.4) is 0 Å².